The molecule has 0 fully saturated rings. The Kier molecular flexibility index (Phi) is 4.74. The van der Waals surface area contributed by atoms with Crippen LogP contribution in [0, 0.1) is 6.92 Å². The summed E-state index contributed by atoms with van der Waals surface area (Å²) < 4.78 is 1.45. The minimum Gasteiger partial charge on any atom is -0.295 e. The minimum atomic E-state index is -0.184. The van der Waals surface area contributed by atoms with Gasteiger partial charge in [-0.05, 0) is 55.5 Å². The Balaban J connectivity index is 1.84. The van der Waals surface area contributed by atoms with E-state index in [4.69, 9.17) is 23.2 Å². The van der Waals surface area contributed by atoms with Crippen molar-refractivity contribution in [3.63, 3.8) is 0 Å². The summed E-state index contributed by atoms with van der Waals surface area (Å²) in [5.74, 6) is 0. The van der Waals surface area contributed by atoms with Crippen LogP contribution in [0.1, 0.15) is 11.3 Å². The van der Waals surface area contributed by atoms with Gasteiger partial charge in [-0.2, -0.15) is 5.10 Å². The lowest BCUT2D eigenvalue weighted by molar-refractivity contribution is 0.835. The van der Waals surface area contributed by atoms with E-state index in [1.165, 1.54) is 10.9 Å². The molecule has 0 atom stereocenters. The molecule has 0 spiro atoms. The van der Waals surface area contributed by atoms with Gasteiger partial charge in [0.2, 0.25) is 0 Å². The monoisotopic (exact) mass is 360 g/mol. The first-order valence-electron chi connectivity index (χ1n) is 7.17. The molecule has 0 saturated carbocycles. The Bertz CT molecular complexity index is 925. The van der Waals surface area contributed by atoms with E-state index in [2.05, 4.69) is 15.6 Å². The van der Waals surface area contributed by atoms with Gasteiger partial charge in [-0.1, -0.05) is 23.2 Å². The molecule has 1 heterocycles. The fourth-order valence-corrected chi connectivity index (χ4v) is 2.43. The van der Waals surface area contributed by atoms with Crippen LogP contribution in [0.3, 0.4) is 0 Å². The Morgan fingerprint density at radius 1 is 1.04 bits per heavy atom. The van der Waals surface area contributed by atoms with Gasteiger partial charge in [0.05, 0.1) is 23.2 Å². The molecule has 0 radical (unpaired) electrons. The number of nitrogens with one attached hydrogen (secondary N) is 2. The van der Waals surface area contributed by atoms with Crippen LogP contribution in [-0.4, -0.2) is 16.0 Å². The molecule has 7 heteroatoms. The number of nitrogens with zero attached hydrogens (tertiary/aromatic N) is 2. The van der Waals surface area contributed by atoms with Gasteiger partial charge in [-0.3, -0.25) is 15.3 Å². The molecule has 0 bridgehead atoms. The third-order valence-electron chi connectivity index (χ3n) is 3.43. The normalized spacial score (nSPS) is 11.1. The number of aromatic nitrogens is 2. The van der Waals surface area contributed by atoms with E-state index in [1.807, 2.05) is 6.92 Å². The van der Waals surface area contributed by atoms with Crippen LogP contribution in [0.25, 0.3) is 5.69 Å². The highest BCUT2D eigenvalue weighted by molar-refractivity contribution is 6.30. The zero-order valence-electron chi connectivity index (χ0n) is 12.8. The molecular formula is C17H14Cl2N4O. The van der Waals surface area contributed by atoms with Gasteiger partial charge in [-0.15, -0.1) is 0 Å². The lowest BCUT2D eigenvalue weighted by atomic mass is 10.3. The van der Waals surface area contributed by atoms with Crippen molar-refractivity contribution in [2.24, 2.45) is 5.10 Å². The highest BCUT2D eigenvalue weighted by Crippen LogP contribution is 2.14. The maximum Gasteiger partial charge on any atom is 0.280 e. The maximum absolute atomic E-state index is 12.5. The van der Waals surface area contributed by atoms with Gasteiger partial charge in [0.25, 0.3) is 5.56 Å². The van der Waals surface area contributed by atoms with Crippen molar-refractivity contribution in [2.45, 2.75) is 6.92 Å². The summed E-state index contributed by atoms with van der Waals surface area (Å²) in [5.41, 5.74) is 5.36. The lowest BCUT2D eigenvalue weighted by Crippen LogP contribution is -2.17. The molecule has 3 aromatic rings. The number of hydrogen-bond donors (Lipinski definition) is 2. The van der Waals surface area contributed by atoms with Crippen molar-refractivity contribution in [3.05, 3.63) is 80.2 Å². The molecule has 5 nitrogen and oxygen atoms in total. The van der Waals surface area contributed by atoms with E-state index in [-0.39, 0.29) is 5.56 Å². The van der Waals surface area contributed by atoms with E-state index in [0.29, 0.717) is 21.3 Å². The summed E-state index contributed by atoms with van der Waals surface area (Å²) in [7, 11) is 0. The van der Waals surface area contributed by atoms with Crippen LogP contribution in [0.4, 0.5) is 5.69 Å². The number of benzene rings is 2. The molecule has 3 rings (SSSR count). The van der Waals surface area contributed by atoms with Gasteiger partial charge in [0.15, 0.2) is 0 Å². The van der Waals surface area contributed by atoms with Crippen LogP contribution >= 0.6 is 23.2 Å². The van der Waals surface area contributed by atoms with Crippen LogP contribution in [0.15, 0.2) is 58.4 Å². The topological polar surface area (TPSA) is 62.2 Å². The number of hydrazone groups is 1. The molecule has 24 heavy (non-hydrogen) atoms. The Morgan fingerprint density at radius 2 is 1.62 bits per heavy atom. The summed E-state index contributed by atoms with van der Waals surface area (Å²) in [4.78, 5) is 12.5. The highest BCUT2D eigenvalue weighted by Gasteiger charge is 2.10. The summed E-state index contributed by atoms with van der Waals surface area (Å²) in [5, 5.41) is 8.41. The fourth-order valence-electron chi connectivity index (χ4n) is 2.18. The summed E-state index contributed by atoms with van der Waals surface area (Å²) in [6.07, 6.45) is 1.50. The van der Waals surface area contributed by atoms with Crippen LogP contribution < -0.4 is 11.0 Å². The van der Waals surface area contributed by atoms with E-state index >= 15 is 0 Å². The molecule has 0 unspecified atom stereocenters. The maximum atomic E-state index is 12.5. The standard InChI is InChI=1S/C17H14Cl2N4O/c1-11-16(10-20-21-14-6-2-12(18)3-7-14)17(24)23(22-11)15-8-4-13(19)5-9-15/h2-10,21-22H,1H3/b20-10+. The van der Waals surface area contributed by atoms with Gasteiger partial charge in [0.1, 0.15) is 0 Å². The second kappa shape index (κ2) is 6.95. The van der Waals surface area contributed by atoms with Gasteiger partial charge in [0, 0.05) is 15.7 Å². The number of rotatable bonds is 4. The summed E-state index contributed by atoms with van der Waals surface area (Å²) in [6, 6.07) is 14.1. The molecule has 0 saturated heterocycles. The number of H-pyrrole nitrogens is 1. The number of aryl methyl sites for hydroxylation is 1. The van der Waals surface area contributed by atoms with E-state index in [1.54, 1.807) is 48.5 Å². The molecule has 122 valence electrons. The molecule has 1 aromatic heterocycles. The average molecular weight is 361 g/mol. The van der Waals surface area contributed by atoms with Crippen LogP contribution in [-0.2, 0) is 0 Å². The first-order chi connectivity index (χ1) is 11.5. The van der Waals surface area contributed by atoms with Crippen LogP contribution in [0.5, 0.6) is 0 Å². The fraction of sp³-hybridized carbons (Fsp3) is 0.0588. The Morgan fingerprint density at radius 3 is 2.25 bits per heavy atom. The quantitative estimate of drug-likeness (QED) is 0.540. The van der Waals surface area contributed by atoms with E-state index in [0.717, 1.165) is 11.4 Å². The van der Waals surface area contributed by atoms with Gasteiger partial charge in [-0.25, -0.2) is 4.68 Å². The van der Waals surface area contributed by atoms with Crippen molar-refractivity contribution in [2.75, 3.05) is 5.43 Å². The third-order valence-corrected chi connectivity index (χ3v) is 3.94. The molecule has 2 N–H and O–H groups in total. The predicted octanol–water partition coefficient (Wildman–Crippen LogP) is 4.23. The molecule has 2 aromatic carbocycles. The number of aromatic amines is 1. The zero-order chi connectivity index (χ0) is 17.1. The Labute approximate surface area is 148 Å². The van der Waals surface area contributed by atoms with Crippen molar-refractivity contribution in [1.29, 1.82) is 0 Å². The lowest BCUT2D eigenvalue weighted by Gasteiger charge is -2.00. The van der Waals surface area contributed by atoms with E-state index < -0.39 is 0 Å². The number of hydrogen-bond acceptors (Lipinski definition) is 3. The smallest absolute Gasteiger partial charge is 0.280 e. The molecule has 0 aliphatic heterocycles. The molecule has 0 amide bonds. The predicted molar refractivity (Wildman–Crippen MR) is 98.8 cm³/mol. The second-order valence-electron chi connectivity index (χ2n) is 5.14. The Hall–Kier alpha value is -2.50. The van der Waals surface area contributed by atoms with Crippen molar-refractivity contribution < 1.29 is 0 Å². The SMILES string of the molecule is Cc1[nH]n(-c2ccc(Cl)cc2)c(=O)c1/C=N/Nc1ccc(Cl)cc1. The number of halogens is 2. The minimum absolute atomic E-state index is 0.184. The largest absolute Gasteiger partial charge is 0.295 e. The molecular weight excluding hydrogens is 347 g/mol. The highest BCUT2D eigenvalue weighted by atomic mass is 35.5. The molecule has 0 aliphatic carbocycles. The molecule has 0 aliphatic rings. The first-order valence-corrected chi connectivity index (χ1v) is 7.92. The number of anilines is 1. The first kappa shape index (κ1) is 16.4. The van der Waals surface area contributed by atoms with Crippen molar-refractivity contribution in [1.82, 2.24) is 9.78 Å². The summed E-state index contributed by atoms with van der Waals surface area (Å²) in [6.45, 7) is 1.82. The third kappa shape index (κ3) is 3.53. The van der Waals surface area contributed by atoms with Crippen LogP contribution in [0.2, 0.25) is 10.0 Å². The summed E-state index contributed by atoms with van der Waals surface area (Å²) >= 11 is 11.7. The van der Waals surface area contributed by atoms with Gasteiger partial charge < -0.3 is 0 Å². The zero-order valence-corrected chi connectivity index (χ0v) is 14.3. The van der Waals surface area contributed by atoms with Crippen molar-refractivity contribution in [3.8, 4) is 5.69 Å². The second-order valence-corrected chi connectivity index (χ2v) is 6.02. The van der Waals surface area contributed by atoms with Crippen molar-refractivity contribution >= 4 is 35.1 Å². The van der Waals surface area contributed by atoms with Gasteiger partial charge >= 0.3 is 0 Å². The average Bonchev–Trinajstić information content (AvgIpc) is 2.85. The van der Waals surface area contributed by atoms with E-state index in [9.17, 15) is 4.79 Å².